The fraction of sp³-hybridized carbons (Fsp3) is 0.500. The van der Waals surface area contributed by atoms with Gasteiger partial charge in [0.2, 0.25) is 0 Å². The largest absolute Gasteiger partial charge is 0.497 e. The maximum absolute atomic E-state index is 5.78. The number of hydrogen-bond donors (Lipinski definition) is 2. The van der Waals surface area contributed by atoms with Gasteiger partial charge in [0.05, 0.1) is 20.3 Å². The first-order valence-corrected chi connectivity index (χ1v) is 10.4. The molecule has 0 bridgehead atoms. The Balaban J connectivity index is 1.61. The first-order chi connectivity index (χ1) is 13.7. The Bertz CT molecular complexity index is 629. The van der Waals surface area contributed by atoms with E-state index in [4.69, 9.17) is 9.47 Å². The number of nitrogens with one attached hydrogen (secondary N) is 2. The van der Waals surface area contributed by atoms with Gasteiger partial charge in [-0.3, -0.25) is 0 Å². The van der Waals surface area contributed by atoms with Crippen molar-refractivity contribution < 1.29 is 9.47 Å². The van der Waals surface area contributed by atoms with Crippen molar-refractivity contribution in [3.05, 3.63) is 65.7 Å². The molecule has 1 atom stereocenters. The van der Waals surface area contributed by atoms with Gasteiger partial charge < -0.3 is 20.1 Å². The van der Waals surface area contributed by atoms with Crippen LogP contribution in [0.5, 0.6) is 5.75 Å². The molecule has 0 radical (unpaired) electrons. The molecule has 0 aromatic heterocycles. The Kier molecular flexibility index (Phi) is 10.7. The van der Waals surface area contributed by atoms with Gasteiger partial charge in [0.1, 0.15) is 5.75 Å². The summed E-state index contributed by atoms with van der Waals surface area (Å²) in [5.41, 5.74) is 2.55. The molecule has 0 amide bonds. The molecule has 0 spiro atoms. The molecular formula is C24H36N2O2. The molecule has 2 aromatic rings. The summed E-state index contributed by atoms with van der Waals surface area (Å²) in [6, 6.07) is 19.1. The van der Waals surface area contributed by atoms with Gasteiger partial charge in [-0.15, -0.1) is 0 Å². The van der Waals surface area contributed by atoms with Crippen LogP contribution in [0.25, 0.3) is 0 Å². The van der Waals surface area contributed by atoms with E-state index in [1.54, 1.807) is 7.11 Å². The molecule has 0 heterocycles. The molecule has 28 heavy (non-hydrogen) atoms. The summed E-state index contributed by atoms with van der Waals surface area (Å²) in [5, 5.41) is 7.25. The van der Waals surface area contributed by atoms with E-state index < -0.39 is 0 Å². The number of benzene rings is 2. The molecule has 4 nitrogen and oxygen atoms in total. The zero-order chi connectivity index (χ0) is 20.0. The van der Waals surface area contributed by atoms with Crippen molar-refractivity contribution in [2.24, 2.45) is 5.92 Å². The Labute approximate surface area is 170 Å². The molecule has 154 valence electrons. The molecule has 0 saturated heterocycles. The van der Waals surface area contributed by atoms with E-state index in [1.807, 2.05) is 30.3 Å². The first-order valence-electron chi connectivity index (χ1n) is 10.4. The molecule has 0 aliphatic carbocycles. The van der Waals surface area contributed by atoms with Crippen molar-refractivity contribution >= 4 is 0 Å². The SMILES string of the molecule is COc1ccc(CCNCC(CC(C)C)NCCOCc2ccccc2)cc1. The van der Waals surface area contributed by atoms with Crippen LogP contribution in [-0.2, 0) is 17.8 Å². The third kappa shape index (κ3) is 9.36. The fourth-order valence-corrected chi connectivity index (χ4v) is 3.21. The second-order valence-electron chi connectivity index (χ2n) is 7.62. The van der Waals surface area contributed by atoms with E-state index in [2.05, 4.69) is 48.7 Å². The van der Waals surface area contributed by atoms with E-state index in [-0.39, 0.29) is 0 Å². The summed E-state index contributed by atoms with van der Waals surface area (Å²) in [5.74, 6) is 1.58. The quantitative estimate of drug-likeness (QED) is 0.482. The summed E-state index contributed by atoms with van der Waals surface area (Å²) in [6.07, 6.45) is 2.19. The lowest BCUT2D eigenvalue weighted by molar-refractivity contribution is 0.120. The monoisotopic (exact) mass is 384 g/mol. The zero-order valence-electron chi connectivity index (χ0n) is 17.6. The van der Waals surface area contributed by atoms with Crippen molar-refractivity contribution in [2.75, 3.05) is 33.4 Å². The summed E-state index contributed by atoms with van der Waals surface area (Å²) in [4.78, 5) is 0. The maximum Gasteiger partial charge on any atom is 0.118 e. The zero-order valence-corrected chi connectivity index (χ0v) is 17.6. The Morgan fingerprint density at radius 2 is 1.64 bits per heavy atom. The van der Waals surface area contributed by atoms with E-state index in [0.717, 1.165) is 44.8 Å². The molecule has 0 aliphatic rings. The molecule has 2 rings (SSSR count). The minimum absolute atomic E-state index is 0.469. The van der Waals surface area contributed by atoms with Crippen LogP contribution in [0.15, 0.2) is 54.6 Å². The molecule has 0 aliphatic heterocycles. The second kappa shape index (κ2) is 13.3. The number of ether oxygens (including phenoxy) is 2. The minimum atomic E-state index is 0.469. The number of rotatable bonds is 14. The topological polar surface area (TPSA) is 42.5 Å². The van der Waals surface area contributed by atoms with Gasteiger partial charge in [0, 0.05) is 19.1 Å². The summed E-state index contributed by atoms with van der Waals surface area (Å²) in [6.45, 7) is 8.80. The van der Waals surface area contributed by atoms with Crippen molar-refractivity contribution in [3.63, 3.8) is 0 Å². The van der Waals surface area contributed by atoms with Gasteiger partial charge in [-0.25, -0.2) is 0 Å². The lowest BCUT2D eigenvalue weighted by Crippen LogP contribution is -2.41. The van der Waals surface area contributed by atoms with Crippen molar-refractivity contribution in [1.82, 2.24) is 10.6 Å². The van der Waals surface area contributed by atoms with Crippen LogP contribution < -0.4 is 15.4 Å². The number of hydrogen-bond acceptors (Lipinski definition) is 4. The second-order valence-corrected chi connectivity index (χ2v) is 7.62. The van der Waals surface area contributed by atoms with E-state index in [1.165, 1.54) is 11.1 Å². The molecule has 1 unspecified atom stereocenters. The molecular weight excluding hydrogens is 348 g/mol. The lowest BCUT2D eigenvalue weighted by Gasteiger charge is -2.21. The lowest BCUT2D eigenvalue weighted by atomic mass is 10.0. The van der Waals surface area contributed by atoms with Crippen LogP contribution in [0.4, 0.5) is 0 Å². The highest BCUT2D eigenvalue weighted by atomic mass is 16.5. The van der Waals surface area contributed by atoms with Crippen LogP contribution in [0.1, 0.15) is 31.4 Å². The van der Waals surface area contributed by atoms with Crippen LogP contribution >= 0.6 is 0 Å². The van der Waals surface area contributed by atoms with E-state index >= 15 is 0 Å². The average Bonchev–Trinajstić information content (AvgIpc) is 2.71. The predicted octanol–water partition coefficient (Wildman–Crippen LogP) is 4.05. The van der Waals surface area contributed by atoms with Crippen LogP contribution in [-0.4, -0.2) is 39.4 Å². The molecule has 2 aromatic carbocycles. The van der Waals surface area contributed by atoms with Crippen molar-refractivity contribution in [1.29, 1.82) is 0 Å². The fourth-order valence-electron chi connectivity index (χ4n) is 3.21. The highest BCUT2D eigenvalue weighted by Gasteiger charge is 2.10. The Morgan fingerprint density at radius 1 is 0.893 bits per heavy atom. The normalized spacial score (nSPS) is 12.3. The van der Waals surface area contributed by atoms with Crippen LogP contribution in [0, 0.1) is 5.92 Å². The third-order valence-electron chi connectivity index (χ3n) is 4.69. The highest BCUT2D eigenvalue weighted by molar-refractivity contribution is 5.27. The summed E-state index contributed by atoms with van der Waals surface area (Å²) >= 11 is 0. The maximum atomic E-state index is 5.78. The third-order valence-corrected chi connectivity index (χ3v) is 4.69. The van der Waals surface area contributed by atoms with Gasteiger partial charge in [-0.05, 0) is 48.6 Å². The van der Waals surface area contributed by atoms with Crippen LogP contribution in [0.3, 0.4) is 0 Å². The average molecular weight is 385 g/mol. The Hall–Kier alpha value is -1.88. The van der Waals surface area contributed by atoms with Crippen LogP contribution in [0.2, 0.25) is 0 Å². The van der Waals surface area contributed by atoms with E-state index in [9.17, 15) is 0 Å². The number of methoxy groups -OCH3 is 1. The standard InChI is InChI=1S/C24H36N2O2/c1-20(2)17-23(26-15-16-28-19-22-7-5-4-6-8-22)18-25-14-13-21-9-11-24(27-3)12-10-21/h4-12,20,23,25-26H,13-19H2,1-3H3. The first kappa shape index (κ1) is 22.4. The van der Waals surface area contributed by atoms with Gasteiger partial charge in [0.25, 0.3) is 0 Å². The van der Waals surface area contributed by atoms with Crippen molar-refractivity contribution in [2.45, 2.75) is 39.3 Å². The highest BCUT2D eigenvalue weighted by Crippen LogP contribution is 2.11. The predicted molar refractivity (Wildman–Crippen MR) is 117 cm³/mol. The van der Waals surface area contributed by atoms with Crippen molar-refractivity contribution in [3.8, 4) is 5.75 Å². The molecule has 2 N–H and O–H groups in total. The molecule has 0 saturated carbocycles. The van der Waals surface area contributed by atoms with Gasteiger partial charge in [-0.1, -0.05) is 56.3 Å². The summed E-state index contributed by atoms with van der Waals surface area (Å²) in [7, 11) is 1.70. The molecule has 0 fully saturated rings. The smallest absolute Gasteiger partial charge is 0.118 e. The minimum Gasteiger partial charge on any atom is -0.497 e. The van der Waals surface area contributed by atoms with Gasteiger partial charge >= 0.3 is 0 Å². The van der Waals surface area contributed by atoms with Gasteiger partial charge in [0.15, 0.2) is 0 Å². The van der Waals surface area contributed by atoms with E-state index in [0.29, 0.717) is 18.6 Å². The van der Waals surface area contributed by atoms with Gasteiger partial charge in [-0.2, -0.15) is 0 Å². The molecule has 4 heteroatoms. The Morgan fingerprint density at radius 3 is 2.32 bits per heavy atom. The summed E-state index contributed by atoms with van der Waals surface area (Å²) < 4.78 is 11.0.